The molecule has 0 radical (unpaired) electrons. The van der Waals surface area contributed by atoms with Crippen molar-refractivity contribution in [3.8, 4) is 0 Å². The maximum Gasteiger partial charge on any atom is 0.0485 e. The summed E-state index contributed by atoms with van der Waals surface area (Å²) in [6, 6.07) is 6.14. The molecule has 2 heterocycles. The Bertz CT molecular complexity index is 570. The smallest absolute Gasteiger partial charge is 0.0485 e. The highest BCUT2D eigenvalue weighted by molar-refractivity contribution is 9.10. The topological polar surface area (TPSA) is 51.8 Å². The zero-order valence-electron chi connectivity index (χ0n) is 9.88. The molecule has 2 atom stereocenters. The summed E-state index contributed by atoms with van der Waals surface area (Å²) in [6.07, 6.45) is 7.61. The van der Waals surface area contributed by atoms with E-state index in [1.54, 1.807) is 6.20 Å². The number of fused-ring (bicyclic) bond motifs is 1. The van der Waals surface area contributed by atoms with E-state index in [0.717, 1.165) is 28.6 Å². The minimum atomic E-state index is -0.0360. The third-order valence-corrected chi connectivity index (χ3v) is 3.98. The first kappa shape index (κ1) is 11.8. The number of nitrogens with two attached hydrogens (primary N) is 1. The lowest BCUT2D eigenvalue weighted by molar-refractivity contribution is 0.539. The van der Waals surface area contributed by atoms with Crippen LogP contribution in [0.2, 0.25) is 0 Å². The van der Waals surface area contributed by atoms with Gasteiger partial charge in [0, 0.05) is 40.7 Å². The second-order valence-corrected chi connectivity index (χ2v) is 5.57. The Balaban J connectivity index is 1.93. The summed E-state index contributed by atoms with van der Waals surface area (Å²) in [5.41, 5.74) is 9.94. The zero-order valence-corrected chi connectivity index (χ0v) is 11.5. The van der Waals surface area contributed by atoms with E-state index in [2.05, 4.69) is 32.0 Å². The van der Waals surface area contributed by atoms with Gasteiger partial charge in [0.2, 0.25) is 0 Å². The molecule has 0 aliphatic heterocycles. The molecule has 0 aromatic carbocycles. The number of rotatable bonds is 2. The van der Waals surface area contributed by atoms with Crippen molar-refractivity contribution >= 4 is 15.9 Å². The van der Waals surface area contributed by atoms with Gasteiger partial charge in [-0.05, 0) is 52.0 Å². The largest absolute Gasteiger partial charge is 0.323 e. The van der Waals surface area contributed by atoms with E-state index in [9.17, 15) is 0 Å². The highest BCUT2D eigenvalue weighted by atomic mass is 79.9. The summed E-state index contributed by atoms with van der Waals surface area (Å²) in [6.45, 7) is 0. The van der Waals surface area contributed by atoms with Gasteiger partial charge in [0.1, 0.15) is 0 Å². The molecule has 2 N–H and O–H groups in total. The molecule has 0 amide bonds. The summed E-state index contributed by atoms with van der Waals surface area (Å²) in [5, 5.41) is 0. The molecule has 18 heavy (non-hydrogen) atoms. The molecule has 0 saturated carbocycles. The van der Waals surface area contributed by atoms with Crippen molar-refractivity contribution in [3.05, 3.63) is 58.1 Å². The quantitative estimate of drug-likeness (QED) is 0.928. The van der Waals surface area contributed by atoms with Crippen molar-refractivity contribution in [2.24, 2.45) is 5.73 Å². The van der Waals surface area contributed by atoms with Crippen LogP contribution in [0.15, 0.2) is 41.3 Å². The fraction of sp³-hybridized carbons (Fsp3) is 0.286. The van der Waals surface area contributed by atoms with Gasteiger partial charge in [0.05, 0.1) is 0 Å². The van der Waals surface area contributed by atoms with Gasteiger partial charge in [0.15, 0.2) is 0 Å². The minimum Gasteiger partial charge on any atom is -0.323 e. The van der Waals surface area contributed by atoms with Crippen LogP contribution >= 0.6 is 15.9 Å². The van der Waals surface area contributed by atoms with Crippen molar-refractivity contribution < 1.29 is 0 Å². The third kappa shape index (κ3) is 2.06. The molecule has 0 bridgehead atoms. The molecule has 2 aromatic heterocycles. The number of hydrogen-bond acceptors (Lipinski definition) is 3. The Hall–Kier alpha value is -1.26. The Morgan fingerprint density at radius 3 is 3.11 bits per heavy atom. The van der Waals surface area contributed by atoms with Gasteiger partial charge in [-0.2, -0.15) is 0 Å². The molecule has 3 nitrogen and oxygen atoms in total. The first-order valence-electron chi connectivity index (χ1n) is 6.05. The first-order valence-corrected chi connectivity index (χ1v) is 6.85. The number of nitrogens with zero attached hydrogens (tertiary/aromatic N) is 2. The van der Waals surface area contributed by atoms with E-state index in [-0.39, 0.29) is 6.04 Å². The van der Waals surface area contributed by atoms with E-state index >= 15 is 0 Å². The third-order valence-electron chi connectivity index (χ3n) is 3.55. The fourth-order valence-electron chi connectivity index (χ4n) is 2.64. The van der Waals surface area contributed by atoms with Crippen molar-refractivity contribution in [1.82, 2.24) is 9.97 Å². The number of pyridine rings is 2. The van der Waals surface area contributed by atoms with E-state index < -0.39 is 0 Å². The molecule has 0 saturated heterocycles. The minimum absolute atomic E-state index is 0.0360. The van der Waals surface area contributed by atoms with E-state index in [4.69, 9.17) is 5.73 Å². The summed E-state index contributed by atoms with van der Waals surface area (Å²) < 4.78 is 0.967. The number of aromatic nitrogens is 2. The second-order valence-electron chi connectivity index (χ2n) is 4.66. The Morgan fingerprint density at radius 1 is 1.39 bits per heavy atom. The van der Waals surface area contributed by atoms with Gasteiger partial charge in [-0.25, -0.2) is 0 Å². The summed E-state index contributed by atoms with van der Waals surface area (Å²) >= 11 is 3.44. The average Bonchev–Trinajstić information content (AvgIpc) is 2.82. The molecular weight excluding hydrogens is 290 g/mol. The second kappa shape index (κ2) is 4.78. The Kier molecular flexibility index (Phi) is 3.14. The van der Waals surface area contributed by atoms with Crippen molar-refractivity contribution in [2.75, 3.05) is 0 Å². The lowest BCUT2D eigenvalue weighted by Gasteiger charge is -2.19. The van der Waals surface area contributed by atoms with Crippen LogP contribution in [0.3, 0.4) is 0 Å². The predicted molar refractivity (Wildman–Crippen MR) is 74.2 cm³/mol. The Labute approximate surface area is 115 Å². The first-order chi connectivity index (χ1) is 8.75. The van der Waals surface area contributed by atoms with Gasteiger partial charge < -0.3 is 5.73 Å². The normalized spacial score (nSPS) is 19.6. The Morgan fingerprint density at radius 2 is 2.28 bits per heavy atom. The average molecular weight is 304 g/mol. The van der Waals surface area contributed by atoms with Gasteiger partial charge in [-0.3, -0.25) is 9.97 Å². The molecule has 3 rings (SSSR count). The summed E-state index contributed by atoms with van der Waals surface area (Å²) in [7, 11) is 0. The van der Waals surface area contributed by atoms with Crippen molar-refractivity contribution in [3.63, 3.8) is 0 Å². The van der Waals surface area contributed by atoms with Crippen LogP contribution in [-0.4, -0.2) is 9.97 Å². The summed E-state index contributed by atoms with van der Waals surface area (Å²) in [5.74, 6) is 0.303. The fourth-order valence-corrected chi connectivity index (χ4v) is 3.02. The van der Waals surface area contributed by atoms with Crippen LogP contribution < -0.4 is 5.73 Å². The number of halogens is 1. The molecule has 2 aromatic rings. The highest BCUT2D eigenvalue weighted by Crippen LogP contribution is 2.39. The van der Waals surface area contributed by atoms with Crippen LogP contribution in [0.4, 0.5) is 0 Å². The van der Waals surface area contributed by atoms with Crippen LogP contribution in [0.1, 0.15) is 35.2 Å². The van der Waals surface area contributed by atoms with Gasteiger partial charge in [0.25, 0.3) is 0 Å². The molecule has 0 spiro atoms. The monoisotopic (exact) mass is 303 g/mol. The number of hydrogen-bond donors (Lipinski definition) is 1. The van der Waals surface area contributed by atoms with E-state index in [0.29, 0.717) is 5.92 Å². The highest BCUT2D eigenvalue weighted by Gasteiger charge is 2.29. The van der Waals surface area contributed by atoms with Gasteiger partial charge >= 0.3 is 0 Å². The predicted octanol–water partition coefficient (Wildman–Crippen LogP) is 2.97. The molecule has 92 valence electrons. The SMILES string of the molecule is NC(c1cncc(Br)c1)C1CCc2cccnc21. The van der Waals surface area contributed by atoms with Gasteiger partial charge in [-0.15, -0.1) is 0 Å². The molecule has 1 aliphatic carbocycles. The molecule has 0 fully saturated rings. The maximum atomic E-state index is 6.38. The summed E-state index contributed by atoms with van der Waals surface area (Å²) in [4.78, 5) is 8.68. The lowest BCUT2D eigenvalue weighted by atomic mass is 9.92. The van der Waals surface area contributed by atoms with E-state index in [1.165, 1.54) is 5.56 Å². The molecular formula is C14H14BrN3. The molecule has 4 heteroatoms. The standard InChI is InChI=1S/C14H14BrN3/c15-11-6-10(7-17-8-11)13(16)12-4-3-9-2-1-5-18-14(9)12/h1-2,5-8,12-13H,3-4,16H2. The van der Waals surface area contributed by atoms with Crippen molar-refractivity contribution in [2.45, 2.75) is 24.8 Å². The zero-order chi connectivity index (χ0) is 12.5. The van der Waals surface area contributed by atoms with Crippen LogP contribution in [0.25, 0.3) is 0 Å². The number of aryl methyl sites for hydroxylation is 1. The van der Waals surface area contributed by atoms with Crippen LogP contribution in [0.5, 0.6) is 0 Å². The molecule has 2 unspecified atom stereocenters. The lowest BCUT2D eigenvalue weighted by Crippen LogP contribution is -2.19. The van der Waals surface area contributed by atoms with Crippen molar-refractivity contribution in [1.29, 1.82) is 0 Å². The maximum absolute atomic E-state index is 6.38. The van der Waals surface area contributed by atoms with Gasteiger partial charge in [-0.1, -0.05) is 6.07 Å². The van der Waals surface area contributed by atoms with E-state index in [1.807, 2.05) is 24.5 Å². The van der Waals surface area contributed by atoms with Crippen LogP contribution in [0, 0.1) is 0 Å². The van der Waals surface area contributed by atoms with Crippen LogP contribution in [-0.2, 0) is 6.42 Å². The molecule has 1 aliphatic rings.